The average Bonchev–Trinajstić information content (AvgIpc) is 2.63. The predicted molar refractivity (Wildman–Crippen MR) is 74.9 cm³/mol. The molecule has 0 radical (unpaired) electrons. The van der Waals surface area contributed by atoms with Crippen LogP contribution in [0.2, 0.25) is 0 Å². The number of nitrogens with two attached hydrogens (primary N) is 1. The molecule has 0 spiro atoms. The maximum absolute atomic E-state index is 11.6. The van der Waals surface area contributed by atoms with E-state index in [0.29, 0.717) is 6.54 Å². The Kier molecular flexibility index (Phi) is 4.13. The lowest BCUT2D eigenvalue weighted by molar-refractivity contribution is 0.236. The van der Waals surface area contributed by atoms with Crippen molar-refractivity contribution in [3.8, 4) is 5.75 Å². The molecular weight excluding hydrogens is 264 g/mol. The van der Waals surface area contributed by atoms with Gasteiger partial charge in [0.05, 0.1) is 18.6 Å². The van der Waals surface area contributed by atoms with Crippen molar-refractivity contribution in [2.24, 2.45) is 5.73 Å². The van der Waals surface area contributed by atoms with Crippen LogP contribution in [0.1, 0.15) is 5.56 Å². The highest BCUT2D eigenvalue weighted by atomic mass is 32.2. The average molecular weight is 284 g/mol. The molecular formula is C13H20N2O3S. The maximum Gasteiger partial charge on any atom is 0.153 e. The minimum atomic E-state index is -2.99. The summed E-state index contributed by atoms with van der Waals surface area (Å²) >= 11 is 0. The van der Waals surface area contributed by atoms with Crippen molar-refractivity contribution in [1.29, 1.82) is 0 Å². The van der Waals surface area contributed by atoms with Gasteiger partial charge in [-0.3, -0.25) is 4.90 Å². The van der Waals surface area contributed by atoms with Crippen LogP contribution in [0.3, 0.4) is 0 Å². The third kappa shape index (κ3) is 3.46. The van der Waals surface area contributed by atoms with E-state index in [1.807, 2.05) is 36.2 Å². The number of ether oxygens (including phenoxy) is 1. The summed E-state index contributed by atoms with van der Waals surface area (Å²) in [6.07, 6.45) is 0. The Morgan fingerprint density at radius 2 is 2.16 bits per heavy atom. The lowest BCUT2D eigenvalue weighted by Gasteiger charge is -2.26. The van der Waals surface area contributed by atoms with E-state index in [0.717, 1.165) is 11.3 Å². The van der Waals surface area contributed by atoms with Gasteiger partial charge in [0, 0.05) is 18.6 Å². The lowest BCUT2D eigenvalue weighted by Crippen LogP contribution is -2.44. The Hall–Kier alpha value is -1.11. The van der Waals surface area contributed by atoms with Gasteiger partial charge in [-0.05, 0) is 24.7 Å². The van der Waals surface area contributed by atoms with E-state index in [-0.39, 0.29) is 23.6 Å². The second-order valence-corrected chi connectivity index (χ2v) is 7.23. The molecule has 1 aromatic rings. The molecule has 6 heteroatoms. The highest BCUT2D eigenvalue weighted by Crippen LogP contribution is 2.19. The van der Waals surface area contributed by atoms with Crippen LogP contribution in [0.25, 0.3) is 0 Å². The molecule has 2 unspecified atom stereocenters. The largest absolute Gasteiger partial charge is 0.497 e. The summed E-state index contributed by atoms with van der Waals surface area (Å²) in [5.41, 5.74) is 7.00. The van der Waals surface area contributed by atoms with Crippen LogP contribution >= 0.6 is 0 Å². The minimum absolute atomic E-state index is 0.0834. The molecule has 0 bridgehead atoms. The summed E-state index contributed by atoms with van der Waals surface area (Å²) in [4.78, 5) is 2.00. The van der Waals surface area contributed by atoms with Crippen molar-refractivity contribution in [2.45, 2.75) is 18.6 Å². The molecule has 2 N–H and O–H groups in total. The van der Waals surface area contributed by atoms with E-state index in [1.165, 1.54) is 0 Å². The summed E-state index contributed by atoms with van der Waals surface area (Å²) in [5.74, 6) is 1.03. The van der Waals surface area contributed by atoms with Crippen LogP contribution in [0, 0.1) is 0 Å². The Balaban J connectivity index is 2.06. The summed E-state index contributed by atoms with van der Waals surface area (Å²) in [6.45, 7) is 0.658. The van der Waals surface area contributed by atoms with Crippen molar-refractivity contribution < 1.29 is 13.2 Å². The van der Waals surface area contributed by atoms with E-state index in [9.17, 15) is 8.42 Å². The SMILES string of the molecule is COc1cccc(CN(C)C2CS(=O)(=O)CC2N)c1. The number of likely N-dealkylation sites (N-methyl/N-ethyl adjacent to an activating group) is 1. The molecule has 0 saturated carbocycles. The van der Waals surface area contributed by atoms with Crippen molar-refractivity contribution in [3.05, 3.63) is 29.8 Å². The number of hydrogen-bond donors (Lipinski definition) is 1. The summed E-state index contributed by atoms with van der Waals surface area (Å²) in [5, 5.41) is 0. The van der Waals surface area contributed by atoms with E-state index in [1.54, 1.807) is 7.11 Å². The number of hydrogen-bond acceptors (Lipinski definition) is 5. The first-order valence-electron chi connectivity index (χ1n) is 6.20. The molecule has 1 heterocycles. The molecule has 0 aromatic heterocycles. The molecule has 1 fully saturated rings. The van der Waals surface area contributed by atoms with Crippen LogP contribution in [0.15, 0.2) is 24.3 Å². The molecule has 0 amide bonds. The maximum atomic E-state index is 11.6. The van der Waals surface area contributed by atoms with E-state index in [2.05, 4.69) is 0 Å². The molecule has 2 atom stereocenters. The molecule has 5 nitrogen and oxygen atoms in total. The number of methoxy groups -OCH3 is 1. The zero-order valence-corrected chi connectivity index (χ0v) is 12.1. The first-order chi connectivity index (χ1) is 8.91. The summed E-state index contributed by atoms with van der Waals surface area (Å²) < 4.78 is 28.3. The van der Waals surface area contributed by atoms with Crippen LogP contribution in [0.5, 0.6) is 5.75 Å². The Labute approximate surface area is 114 Å². The molecule has 1 aliphatic rings. The standard InChI is InChI=1S/C13H20N2O3S/c1-15(13-9-19(16,17)8-12(13)14)7-10-4-3-5-11(6-10)18-2/h3-6,12-13H,7-9,14H2,1-2H3. The summed E-state index contributed by atoms with van der Waals surface area (Å²) in [7, 11) is 0.549. The van der Waals surface area contributed by atoms with Gasteiger partial charge in [0.2, 0.25) is 0 Å². The van der Waals surface area contributed by atoms with Crippen molar-refractivity contribution in [2.75, 3.05) is 25.7 Å². The van der Waals surface area contributed by atoms with Gasteiger partial charge in [-0.15, -0.1) is 0 Å². The highest BCUT2D eigenvalue weighted by Gasteiger charge is 2.37. The van der Waals surface area contributed by atoms with Crippen LogP contribution < -0.4 is 10.5 Å². The fourth-order valence-electron chi connectivity index (χ4n) is 2.49. The van der Waals surface area contributed by atoms with Gasteiger partial charge in [-0.2, -0.15) is 0 Å². The number of sulfone groups is 1. The molecule has 0 aliphatic carbocycles. The lowest BCUT2D eigenvalue weighted by atomic mass is 10.1. The monoisotopic (exact) mass is 284 g/mol. The van der Waals surface area contributed by atoms with Gasteiger partial charge >= 0.3 is 0 Å². The molecule has 1 aliphatic heterocycles. The Morgan fingerprint density at radius 3 is 2.74 bits per heavy atom. The van der Waals surface area contributed by atoms with Crippen molar-refractivity contribution >= 4 is 9.84 Å². The van der Waals surface area contributed by atoms with Gasteiger partial charge in [-0.25, -0.2) is 8.42 Å². The summed E-state index contributed by atoms with van der Waals surface area (Å²) in [6, 6.07) is 7.33. The van der Waals surface area contributed by atoms with Crippen LogP contribution in [-0.2, 0) is 16.4 Å². The number of nitrogens with zero attached hydrogens (tertiary/aromatic N) is 1. The fraction of sp³-hybridized carbons (Fsp3) is 0.538. The van der Waals surface area contributed by atoms with E-state index < -0.39 is 9.84 Å². The first kappa shape index (κ1) is 14.3. The van der Waals surface area contributed by atoms with Crippen LogP contribution in [-0.4, -0.2) is 51.1 Å². The van der Waals surface area contributed by atoms with E-state index in [4.69, 9.17) is 10.5 Å². The highest BCUT2D eigenvalue weighted by molar-refractivity contribution is 7.91. The van der Waals surface area contributed by atoms with Gasteiger partial charge < -0.3 is 10.5 Å². The Bertz CT molecular complexity index is 545. The zero-order valence-electron chi connectivity index (χ0n) is 11.2. The van der Waals surface area contributed by atoms with Crippen molar-refractivity contribution in [3.63, 3.8) is 0 Å². The zero-order chi connectivity index (χ0) is 14.0. The molecule has 19 heavy (non-hydrogen) atoms. The third-order valence-corrected chi connectivity index (χ3v) is 5.24. The first-order valence-corrected chi connectivity index (χ1v) is 8.02. The molecule has 106 valence electrons. The fourth-order valence-corrected chi connectivity index (χ4v) is 4.45. The number of rotatable bonds is 4. The normalized spacial score (nSPS) is 25.7. The Morgan fingerprint density at radius 1 is 1.42 bits per heavy atom. The van der Waals surface area contributed by atoms with E-state index >= 15 is 0 Å². The van der Waals surface area contributed by atoms with Gasteiger partial charge in [0.1, 0.15) is 5.75 Å². The van der Waals surface area contributed by atoms with Crippen LogP contribution in [0.4, 0.5) is 0 Å². The van der Waals surface area contributed by atoms with Gasteiger partial charge in [0.25, 0.3) is 0 Å². The predicted octanol–water partition coefficient (Wildman–Crippen LogP) is 0.251. The second kappa shape index (κ2) is 5.48. The van der Waals surface area contributed by atoms with Gasteiger partial charge in [-0.1, -0.05) is 12.1 Å². The molecule has 2 rings (SSSR count). The topological polar surface area (TPSA) is 72.6 Å². The third-order valence-electron chi connectivity index (χ3n) is 3.50. The molecule has 1 aromatic carbocycles. The number of benzene rings is 1. The minimum Gasteiger partial charge on any atom is -0.497 e. The second-order valence-electron chi connectivity index (χ2n) is 5.07. The van der Waals surface area contributed by atoms with Gasteiger partial charge in [0.15, 0.2) is 9.84 Å². The van der Waals surface area contributed by atoms with Crippen molar-refractivity contribution in [1.82, 2.24) is 4.90 Å². The molecule has 1 saturated heterocycles. The smallest absolute Gasteiger partial charge is 0.153 e. The quantitative estimate of drug-likeness (QED) is 0.858.